The zero-order valence-corrected chi connectivity index (χ0v) is 10.8. The van der Waals surface area contributed by atoms with E-state index in [1.54, 1.807) is 6.20 Å². The van der Waals surface area contributed by atoms with E-state index in [9.17, 15) is 0 Å². The van der Waals surface area contributed by atoms with E-state index in [4.69, 9.17) is 0 Å². The van der Waals surface area contributed by atoms with Crippen molar-refractivity contribution in [1.82, 2.24) is 19.7 Å². The number of H-pyrrole nitrogens is 1. The number of aromatic amines is 1. The van der Waals surface area contributed by atoms with Crippen molar-refractivity contribution in [3.8, 4) is 0 Å². The largest absolute Gasteiger partial charge is 0.375 e. The molecule has 0 fully saturated rings. The van der Waals surface area contributed by atoms with E-state index in [1.807, 2.05) is 17.8 Å². The van der Waals surface area contributed by atoms with Crippen LogP contribution in [0.1, 0.15) is 37.1 Å². The Morgan fingerprint density at radius 1 is 1.41 bits per heavy atom. The zero-order chi connectivity index (χ0) is 12.4. The van der Waals surface area contributed by atoms with Gasteiger partial charge in [0, 0.05) is 18.4 Å². The number of nitrogens with one attached hydrogen (secondary N) is 2. The molecule has 5 heteroatoms. The van der Waals surface area contributed by atoms with Crippen molar-refractivity contribution in [3.63, 3.8) is 0 Å². The summed E-state index contributed by atoms with van der Waals surface area (Å²) >= 11 is 0. The van der Waals surface area contributed by atoms with Crippen LogP contribution in [0.25, 0.3) is 0 Å². The molecule has 0 saturated heterocycles. The molecule has 0 aliphatic rings. The van der Waals surface area contributed by atoms with Crippen LogP contribution in [0.3, 0.4) is 0 Å². The Morgan fingerprint density at radius 2 is 2.18 bits per heavy atom. The molecule has 17 heavy (non-hydrogen) atoms. The first-order valence-electron chi connectivity index (χ1n) is 5.87. The first-order chi connectivity index (χ1) is 8.09. The number of imidazole rings is 1. The predicted octanol–water partition coefficient (Wildman–Crippen LogP) is 2.42. The Kier molecular flexibility index (Phi) is 3.17. The van der Waals surface area contributed by atoms with Crippen LogP contribution in [-0.4, -0.2) is 19.7 Å². The molecule has 2 aromatic heterocycles. The lowest BCUT2D eigenvalue weighted by molar-refractivity contribution is 0.516. The molecule has 0 unspecified atom stereocenters. The van der Waals surface area contributed by atoms with E-state index in [0.29, 0.717) is 12.6 Å². The van der Waals surface area contributed by atoms with E-state index in [0.717, 1.165) is 17.2 Å². The monoisotopic (exact) mass is 233 g/mol. The fraction of sp³-hybridized carbons (Fsp3) is 0.500. The van der Waals surface area contributed by atoms with Crippen LogP contribution in [0.2, 0.25) is 0 Å². The van der Waals surface area contributed by atoms with E-state index in [2.05, 4.69) is 41.2 Å². The fourth-order valence-electron chi connectivity index (χ4n) is 1.99. The highest BCUT2D eigenvalue weighted by molar-refractivity contribution is 5.52. The molecule has 0 amide bonds. The van der Waals surface area contributed by atoms with Crippen LogP contribution in [0.5, 0.6) is 0 Å². The van der Waals surface area contributed by atoms with Crippen molar-refractivity contribution in [2.75, 3.05) is 5.32 Å². The number of rotatable bonds is 4. The van der Waals surface area contributed by atoms with Crippen molar-refractivity contribution >= 4 is 5.69 Å². The number of hydrogen-bond acceptors (Lipinski definition) is 3. The number of nitrogens with zero attached hydrogens (tertiary/aromatic N) is 3. The van der Waals surface area contributed by atoms with Crippen molar-refractivity contribution in [1.29, 1.82) is 0 Å². The highest BCUT2D eigenvalue weighted by atomic mass is 15.3. The molecule has 2 heterocycles. The predicted molar refractivity (Wildman–Crippen MR) is 68.0 cm³/mol. The SMILES string of the molecule is Cc1nn(C(C)C)c(C)c1NCc1ncc[nH]1. The number of aromatic nitrogens is 4. The molecular formula is C12H19N5. The van der Waals surface area contributed by atoms with Crippen LogP contribution in [0, 0.1) is 13.8 Å². The smallest absolute Gasteiger partial charge is 0.125 e. The topological polar surface area (TPSA) is 58.5 Å². The molecular weight excluding hydrogens is 214 g/mol. The molecule has 0 aliphatic carbocycles. The van der Waals surface area contributed by atoms with Gasteiger partial charge in [-0.1, -0.05) is 0 Å². The molecule has 0 atom stereocenters. The maximum absolute atomic E-state index is 4.53. The number of hydrogen-bond donors (Lipinski definition) is 2. The lowest BCUT2D eigenvalue weighted by atomic mass is 10.3. The normalized spacial score (nSPS) is 11.1. The second-order valence-corrected chi connectivity index (χ2v) is 4.47. The minimum Gasteiger partial charge on any atom is -0.375 e. The molecule has 5 nitrogen and oxygen atoms in total. The maximum Gasteiger partial charge on any atom is 0.125 e. The third-order valence-electron chi connectivity index (χ3n) is 2.80. The van der Waals surface area contributed by atoms with E-state index >= 15 is 0 Å². The van der Waals surface area contributed by atoms with Gasteiger partial charge in [-0.05, 0) is 27.7 Å². The standard InChI is InChI=1S/C12H19N5/c1-8(2)17-10(4)12(9(3)16-17)15-7-11-13-5-6-14-11/h5-6,8,15H,7H2,1-4H3,(H,13,14). The van der Waals surface area contributed by atoms with Crippen LogP contribution in [-0.2, 0) is 6.54 Å². The van der Waals surface area contributed by atoms with Gasteiger partial charge in [0.15, 0.2) is 0 Å². The van der Waals surface area contributed by atoms with Gasteiger partial charge in [-0.15, -0.1) is 0 Å². The van der Waals surface area contributed by atoms with Crippen LogP contribution < -0.4 is 5.32 Å². The molecule has 2 N–H and O–H groups in total. The minimum absolute atomic E-state index is 0.382. The molecule has 0 saturated carbocycles. The summed E-state index contributed by atoms with van der Waals surface area (Å²) < 4.78 is 2.04. The van der Waals surface area contributed by atoms with Gasteiger partial charge in [0.1, 0.15) is 5.82 Å². The van der Waals surface area contributed by atoms with Gasteiger partial charge in [-0.2, -0.15) is 5.10 Å². The summed E-state index contributed by atoms with van der Waals surface area (Å²) in [7, 11) is 0. The third kappa shape index (κ3) is 2.33. The lowest BCUT2D eigenvalue weighted by Gasteiger charge is -2.09. The van der Waals surface area contributed by atoms with Crippen LogP contribution in [0.15, 0.2) is 12.4 Å². The van der Waals surface area contributed by atoms with Gasteiger partial charge in [0.25, 0.3) is 0 Å². The highest BCUT2D eigenvalue weighted by Gasteiger charge is 2.13. The second-order valence-electron chi connectivity index (χ2n) is 4.47. The van der Waals surface area contributed by atoms with Crippen LogP contribution >= 0.6 is 0 Å². The summed E-state index contributed by atoms with van der Waals surface area (Å²) in [6.07, 6.45) is 3.59. The third-order valence-corrected chi connectivity index (χ3v) is 2.80. The average molecular weight is 233 g/mol. The van der Waals surface area contributed by atoms with Gasteiger partial charge in [0.2, 0.25) is 0 Å². The fourth-order valence-corrected chi connectivity index (χ4v) is 1.99. The molecule has 92 valence electrons. The van der Waals surface area contributed by atoms with E-state index in [1.165, 1.54) is 5.69 Å². The van der Waals surface area contributed by atoms with Crippen molar-refractivity contribution in [2.45, 2.75) is 40.3 Å². The Morgan fingerprint density at radius 3 is 2.71 bits per heavy atom. The molecule has 0 radical (unpaired) electrons. The Labute approximate surface area is 101 Å². The Hall–Kier alpha value is -1.78. The molecule has 0 spiro atoms. The minimum atomic E-state index is 0.382. The van der Waals surface area contributed by atoms with Crippen molar-refractivity contribution in [2.24, 2.45) is 0 Å². The number of aryl methyl sites for hydroxylation is 1. The summed E-state index contributed by atoms with van der Waals surface area (Å²) in [4.78, 5) is 7.26. The average Bonchev–Trinajstić information content (AvgIpc) is 2.86. The van der Waals surface area contributed by atoms with Gasteiger partial charge in [0.05, 0.1) is 23.6 Å². The molecule has 0 aromatic carbocycles. The van der Waals surface area contributed by atoms with E-state index in [-0.39, 0.29) is 0 Å². The second kappa shape index (κ2) is 4.61. The molecule has 2 aromatic rings. The number of anilines is 1. The summed E-state index contributed by atoms with van der Waals surface area (Å²) in [5.41, 5.74) is 3.31. The Bertz CT molecular complexity index is 481. The van der Waals surface area contributed by atoms with Gasteiger partial charge >= 0.3 is 0 Å². The Balaban J connectivity index is 2.15. The van der Waals surface area contributed by atoms with Gasteiger partial charge < -0.3 is 10.3 Å². The van der Waals surface area contributed by atoms with Crippen molar-refractivity contribution < 1.29 is 0 Å². The maximum atomic E-state index is 4.53. The van der Waals surface area contributed by atoms with Gasteiger partial charge in [-0.3, -0.25) is 4.68 Å². The summed E-state index contributed by atoms with van der Waals surface area (Å²) in [5.74, 6) is 0.932. The molecule has 2 rings (SSSR count). The van der Waals surface area contributed by atoms with E-state index < -0.39 is 0 Å². The molecule has 0 bridgehead atoms. The highest BCUT2D eigenvalue weighted by Crippen LogP contribution is 2.22. The molecule has 0 aliphatic heterocycles. The quantitative estimate of drug-likeness (QED) is 0.852. The van der Waals surface area contributed by atoms with Crippen molar-refractivity contribution in [3.05, 3.63) is 29.6 Å². The summed E-state index contributed by atoms with van der Waals surface area (Å²) in [5, 5.41) is 7.91. The first-order valence-corrected chi connectivity index (χ1v) is 5.87. The zero-order valence-electron chi connectivity index (χ0n) is 10.8. The summed E-state index contributed by atoms with van der Waals surface area (Å²) in [6, 6.07) is 0.382. The van der Waals surface area contributed by atoms with Crippen LogP contribution in [0.4, 0.5) is 5.69 Å². The first kappa shape index (κ1) is 11.7. The lowest BCUT2D eigenvalue weighted by Crippen LogP contribution is -2.06. The van der Waals surface area contributed by atoms with Gasteiger partial charge in [-0.25, -0.2) is 4.98 Å². The summed E-state index contributed by atoms with van der Waals surface area (Å²) in [6.45, 7) is 9.07.